The van der Waals surface area contributed by atoms with Gasteiger partial charge in [0.15, 0.2) is 0 Å². The van der Waals surface area contributed by atoms with E-state index in [4.69, 9.17) is 10.5 Å². The number of hydrogen-bond acceptors (Lipinski definition) is 4. The van der Waals surface area contributed by atoms with Gasteiger partial charge < -0.3 is 20.7 Å². The molecule has 3 N–H and O–H groups in total. The average molecular weight is 442 g/mol. The fraction of sp³-hybridized carbons (Fsp3) is 0.379. The molecule has 3 atom stereocenters. The van der Waals surface area contributed by atoms with Crippen molar-refractivity contribution < 1.29 is 4.74 Å². The molecule has 3 aromatic rings. The highest BCUT2D eigenvalue weighted by atomic mass is 16.5. The van der Waals surface area contributed by atoms with Crippen molar-refractivity contribution in [3.05, 3.63) is 89.5 Å². The Morgan fingerprint density at radius 1 is 1.03 bits per heavy atom. The number of benzene rings is 3. The highest BCUT2D eigenvalue weighted by Gasteiger charge is 2.38. The summed E-state index contributed by atoms with van der Waals surface area (Å²) in [7, 11) is 0. The minimum atomic E-state index is 0.362. The van der Waals surface area contributed by atoms with E-state index in [1.807, 2.05) is 6.07 Å². The topological polar surface area (TPSA) is 50.5 Å². The third-order valence-electron chi connectivity index (χ3n) is 6.97. The van der Waals surface area contributed by atoms with Crippen LogP contribution in [-0.2, 0) is 6.61 Å². The van der Waals surface area contributed by atoms with Gasteiger partial charge in [0.1, 0.15) is 12.4 Å². The largest absolute Gasteiger partial charge is 0.488 e. The number of ether oxygens (including phenoxy) is 1. The van der Waals surface area contributed by atoms with Gasteiger partial charge in [-0.3, -0.25) is 0 Å². The Morgan fingerprint density at radius 3 is 2.61 bits per heavy atom. The number of aryl methyl sites for hydroxylation is 1. The average Bonchev–Trinajstić information content (AvgIpc) is 3.50. The predicted molar refractivity (Wildman–Crippen MR) is 136 cm³/mol. The van der Waals surface area contributed by atoms with Gasteiger partial charge in [-0.05, 0) is 55.1 Å². The van der Waals surface area contributed by atoms with Crippen molar-refractivity contribution >= 4 is 0 Å². The highest BCUT2D eigenvalue weighted by molar-refractivity contribution is 5.72. The standard InChI is InChI=1S/C29H35N3O/c1-21-7-9-23(10-8-21)27-17-24(11-12-29(27)33-20-22-5-3-2-4-6-22)26-18-28(26)31-14-16-32-15-13-25(30)19-32/h2-12,17,25-26,28,31H,13-16,18-20,30H2,1H3/t25-,26?,28+/m1/s1. The molecule has 2 fully saturated rings. The van der Waals surface area contributed by atoms with Crippen LogP contribution in [0.4, 0.5) is 0 Å². The van der Waals surface area contributed by atoms with Crippen LogP contribution in [0.1, 0.15) is 35.4 Å². The van der Waals surface area contributed by atoms with Crippen LogP contribution in [0.2, 0.25) is 0 Å². The van der Waals surface area contributed by atoms with Gasteiger partial charge in [-0.15, -0.1) is 0 Å². The summed E-state index contributed by atoms with van der Waals surface area (Å²) in [6.07, 6.45) is 2.34. The molecule has 172 valence electrons. The molecule has 0 bridgehead atoms. The van der Waals surface area contributed by atoms with Crippen molar-refractivity contribution in [2.45, 2.75) is 44.4 Å². The van der Waals surface area contributed by atoms with Gasteiger partial charge in [-0.2, -0.15) is 0 Å². The van der Waals surface area contributed by atoms with Gasteiger partial charge in [-0.1, -0.05) is 66.2 Å². The summed E-state index contributed by atoms with van der Waals surface area (Å²) in [6.45, 7) is 7.02. The van der Waals surface area contributed by atoms with Gasteiger partial charge >= 0.3 is 0 Å². The zero-order valence-electron chi connectivity index (χ0n) is 19.5. The molecule has 1 heterocycles. The molecule has 5 rings (SSSR count). The van der Waals surface area contributed by atoms with Crippen LogP contribution in [0, 0.1) is 6.92 Å². The molecule has 1 saturated heterocycles. The van der Waals surface area contributed by atoms with Crippen LogP contribution in [-0.4, -0.2) is 43.2 Å². The summed E-state index contributed by atoms with van der Waals surface area (Å²) in [5, 5.41) is 3.76. The third-order valence-corrected chi connectivity index (χ3v) is 6.97. The van der Waals surface area contributed by atoms with E-state index in [0.29, 0.717) is 24.6 Å². The quantitative estimate of drug-likeness (QED) is 0.505. The molecule has 0 amide bonds. The van der Waals surface area contributed by atoms with Crippen molar-refractivity contribution in [2.75, 3.05) is 26.2 Å². The summed E-state index contributed by atoms with van der Waals surface area (Å²) in [4.78, 5) is 2.48. The van der Waals surface area contributed by atoms with E-state index in [9.17, 15) is 0 Å². The SMILES string of the molecule is Cc1ccc(-c2cc(C3C[C@@H]3NCCN3CC[C@@H](N)C3)ccc2OCc2ccccc2)cc1. The van der Waals surface area contributed by atoms with E-state index in [-0.39, 0.29) is 0 Å². The van der Waals surface area contributed by atoms with Gasteiger partial charge in [0.2, 0.25) is 0 Å². The molecular formula is C29H35N3O. The van der Waals surface area contributed by atoms with Gasteiger partial charge in [0, 0.05) is 43.2 Å². The number of hydrogen-bond donors (Lipinski definition) is 2. The lowest BCUT2D eigenvalue weighted by atomic mass is 9.99. The van der Waals surface area contributed by atoms with E-state index in [2.05, 4.69) is 83.9 Å². The highest BCUT2D eigenvalue weighted by Crippen LogP contribution is 2.43. The third kappa shape index (κ3) is 5.64. The van der Waals surface area contributed by atoms with Gasteiger partial charge in [0.05, 0.1) is 0 Å². The Balaban J connectivity index is 1.26. The van der Waals surface area contributed by atoms with E-state index in [0.717, 1.165) is 38.3 Å². The maximum Gasteiger partial charge on any atom is 0.127 e. The smallest absolute Gasteiger partial charge is 0.127 e. The molecule has 3 aromatic carbocycles. The summed E-state index contributed by atoms with van der Waals surface area (Å²) >= 11 is 0. The molecule has 2 aliphatic rings. The fourth-order valence-corrected chi connectivity index (χ4v) is 4.86. The summed E-state index contributed by atoms with van der Waals surface area (Å²) in [6, 6.07) is 26.8. The second-order valence-corrected chi connectivity index (χ2v) is 9.65. The summed E-state index contributed by atoms with van der Waals surface area (Å²) < 4.78 is 6.29. The van der Waals surface area contributed by atoms with E-state index in [1.165, 1.54) is 34.2 Å². The monoisotopic (exact) mass is 441 g/mol. The number of likely N-dealkylation sites (tertiary alicyclic amines) is 1. The Hall–Kier alpha value is -2.66. The first kappa shape index (κ1) is 22.1. The maximum absolute atomic E-state index is 6.29. The van der Waals surface area contributed by atoms with E-state index < -0.39 is 0 Å². The number of rotatable bonds is 9. The molecule has 4 heteroatoms. The Bertz CT molecular complexity index is 1050. The van der Waals surface area contributed by atoms with Crippen molar-refractivity contribution in [3.8, 4) is 16.9 Å². The van der Waals surface area contributed by atoms with Gasteiger partial charge in [-0.25, -0.2) is 0 Å². The Morgan fingerprint density at radius 2 is 1.85 bits per heavy atom. The predicted octanol–water partition coefficient (Wildman–Crippen LogP) is 4.72. The van der Waals surface area contributed by atoms with Gasteiger partial charge in [0.25, 0.3) is 0 Å². The molecule has 1 unspecified atom stereocenters. The van der Waals surface area contributed by atoms with Crippen LogP contribution in [0.5, 0.6) is 5.75 Å². The molecule has 1 aliphatic heterocycles. The second-order valence-electron chi connectivity index (χ2n) is 9.65. The lowest BCUT2D eigenvalue weighted by molar-refractivity contribution is 0.307. The Labute approximate surface area is 197 Å². The lowest BCUT2D eigenvalue weighted by Gasteiger charge is -2.16. The van der Waals surface area contributed by atoms with Crippen molar-refractivity contribution in [3.63, 3.8) is 0 Å². The molecule has 1 saturated carbocycles. The number of nitrogens with one attached hydrogen (secondary N) is 1. The number of nitrogens with zero attached hydrogens (tertiary/aromatic N) is 1. The van der Waals surface area contributed by atoms with Crippen molar-refractivity contribution in [1.82, 2.24) is 10.2 Å². The zero-order chi connectivity index (χ0) is 22.6. The molecular weight excluding hydrogens is 406 g/mol. The van der Waals surface area contributed by atoms with Crippen LogP contribution >= 0.6 is 0 Å². The van der Waals surface area contributed by atoms with Crippen LogP contribution in [0.15, 0.2) is 72.8 Å². The molecule has 0 radical (unpaired) electrons. The first-order valence-corrected chi connectivity index (χ1v) is 12.2. The lowest BCUT2D eigenvalue weighted by Crippen LogP contribution is -2.33. The van der Waals surface area contributed by atoms with Crippen LogP contribution in [0.25, 0.3) is 11.1 Å². The van der Waals surface area contributed by atoms with E-state index >= 15 is 0 Å². The van der Waals surface area contributed by atoms with Crippen LogP contribution < -0.4 is 15.8 Å². The van der Waals surface area contributed by atoms with E-state index in [1.54, 1.807) is 0 Å². The summed E-state index contributed by atoms with van der Waals surface area (Å²) in [5.41, 5.74) is 12.3. The minimum absolute atomic E-state index is 0.362. The Kier molecular flexibility index (Phi) is 6.77. The molecule has 4 nitrogen and oxygen atoms in total. The molecule has 33 heavy (non-hydrogen) atoms. The molecule has 1 aliphatic carbocycles. The molecule has 0 spiro atoms. The first-order chi connectivity index (χ1) is 16.2. The summed E-state index contributed by atoms with van der Waals surface area (Å²) in [5.74, 6) is 1.53. The second kappa shape index (κ2) is 10.1. The van der Waals surface area contributed by atoms with Crippen molar-refractivity contribution in [2.24, 2.45) is 5.73 Å². The normalized spacial score (nSPS) is 22.4. The fourth-order valence-electron chi connectivity index (χ4n) is 4.86. The number of nitrogens with two attached hydrogens (primary N) is 1. The first-order valence-electron chi connectivity index (χ1n) is 12.2. The minimum Gasteiger partial charge on any atom is -0.488 e. The van der Waals surface area contributed by atoms with Crippen LogP contribution in [0.3, 0.4) is 0 Å². The van der Waals surface area contributed by atoms with Crippen molar-refractivity contribution in [1.29, 1.82) is 0 Å². The molecule has 0 aromatic heterocycles. The zero-order valence-corrected chi connectivity index (χ0v) is 19.5. The maximum atomic E-state index is 6.29.